The number of quaternary nitrogens is 1. The van der Waals surface area contributed by atoms with Crippen LogP contribution in [0.15, 0.2) is 42.5 Å². The normalized spacial score (nSPS) is 13.0. The molecule has 0 spiro atoms. The number of hydrogen-bond donors (Lipinski definition) is 2. The number of benzene rings is 2. The first-order valence-electron chi connectivity index (χ1n) is 8.56. The fourth-order valence-corrected chi connectivity index (χ4v) is 3.25. The van der Waals surface area contributed by atoms with Crippen LogP contribution in [-0.4, -0.2) is 32.5 Å². The number of nitrogens with one attached hydrogen (secondary N) is 2. The Morgan fingerprint density at radius 3 is 2.40 bits per heavy atom. The van der Waals surface area contributed by atoms with Gasteiger partial charge in [-0.2, -0.15) is 0 Å². The topological polar surface area (TPSA) is 53.9 Å². The van der Waals surface area contributed by atoms with E-state index in [1.165, 1.54) is 12.5 Å². The Bertz CT molecular complexity index is 814. The largest absolute Gasteiger partial charge is 0.332 e. The Labute approximate surface area is 148 Å². The second-order valence-corrected chi connectivity index (χ2v) is 6.77. The first kappa shape index (κ1) is 17.2. The molecule has 130 valence electrons. The number of nitrogens with zero attached hydrogens (tertiary/aromatic N) is 1. The number of anilines is 3. The summed E-state index contributed by atoms with van der Waals surface area (Å²) in [6, 6.07) is 13.9. The molecule has 1 aliphatic rings. The van der Waals surface area contributed by atoms with E-state index in [1.54, 1.807) is 0 Å². The standard InChI is InChI=1S/C20H23N3O2/c1-14(24)21-17-11-10-16-9-8-15-6-4-5-7-18(15)23(19(16)12-17)20(25)13-22(2)3/h4-7,10-12H,8-9,13H2,1-3H3,(H,21,24)/p+1. The highest BCUT2D eigenvalue weighted by molar-refractivity contribution is 6.03. The molecule has 0 saturated heterocycles. The monoisotopic (exact) mass is 338 g/mol. The van der Waals surface area contributed by atoms with E-state index in [0.717, 1.165) is 34.7 Å². The summed E-state index contributed by atoms with van der Waals surface area (Å²) in [6.07, 6.45) is 1.76. The maximum absolute atomic E-state index is 13.0. The Morgan fingerprint density at radius 1 is 1.04 bits per heavy atom. The summed E-state index contributed by atoms with van der Waals surface area (Å²) >= 11 is 0. The van der Waals surface area contributed by atoms with Gasteiger partial charge >= 0.3 is 0 Å². The SMILES string of the molecule is CC(=O)Nc1ccc2c(c1)N(C(=O)C[NH+](C)C)c1ccccc1CC2. The van der Waals surface area contributed by atoms with Gasteiger partial charge in [-0.25, -0.2) is 0 Å². The number of rotatable bonds is 3. The molecule has 0 atom stereocenters. The third-order valence-electron chi connectivity index (χ3n) is 4.30. The first-order chi connectivity index (χ1) is 12.0. The molecule has 2 N–H and O–H groups in total. The highest BCUT2D eigenvalue weighted by Gasteiger charge is 2.27. The van der Waals surface area contributed by atoms with Gasteiger partial charge in [0.05, 0.1) is 25.5 Å². The van der Waals surface area contributed by atoms with Crippen molar-refractivity contribution in [2.75, 3.05) is 30.9 Å². The summed E-state index contributed by atoms with van der Waals surface area (Å²) in [5, 5.41) is 2.82. The van der Waals surface area contributed by atoms with E-state index >= 15 is 0 Å². The molecule has 25 heavy (non-hydrogen) atoms. The van der Waals surface area contributed by atoms with Gasteiger partial charge in [-0.05, 0) is 42.2 Å². The summed E-state index contributed by atoms with van der Waals surface area (Å²) in [4.78, 5) is 27.3. The van der Waals surface area contributed by atoms with Crippen molar-refractivity contribution in [3.05, 3.63) is 53.6 Å². The molecule has 5 heteroatoms. The summed E-state index contributed by atoms with van der Waals surface area (Å²) in [5.74, 6) is -0.0693. The number of amides is 2. The molecule has 0 aliphatic carbocycles. The second kappa shape index (κ2) is 7.07. The fourth-order valence-electron chi connectivity index (χ4n) is 3.25. The summed E-state index contributed by atoms with van der Waals surface area (Å²) in [6.45, 7) is 1.89. The summed E-state index contributed by atoms with van der Waals surface area (Å²) in [5.41, 5.74) is 4.80. The predicted octanol–water partition coefficient (Wildman–Crippen LogP) is 1.55. The predicted molar refractivity (Wildman–Crippen MR) is 99.4 cm³/mol. The van der Waals surface area contributed by atoms with Crippen LogP contribution in [-0.2, 0) is 22.4 Å². The molecule has 0 unspecified atom stereocenters. The molecule has 5 nitrogen and oxygen atoms in total. The van der Waals surface area contributed by atoms with Crippen LogP contribution in [0.3, 0.4) is 0 Å². The zero-order valence-corrected chi connectivity index (χ0v) is 14.9. The average Bonchev–Trinajstić information content (AvgIpc) is 2.70. The number of para-hydroxylation sites is 1. The molecule has 1 aliphatic heterocycles. The van der Waals surface area contributed by atoms with Crippen molar-refractivity contribution in [3.63, 3.8) is 0 Å². The van der Waals surface area contributed by atoms with E-state index in [9.17, 15) is 9.59 Å². The Kier molecular flexibility index (Phi) is 4.86. The molecular weight excluding hydrogens is 314 g/mol. The maximum Gasteiger partial charge on any atom is 0.286 e. The average molecular weight is 338 g/mol. The number of likely N-dealkylation sites (N-methyl/N-ethyl adjacent to an activating group) is 1. The van der Waals surface area contributed by atoms with Crippen molar-refractivity contribution in [1.29, 1.82) is 0 Å². The third kappa shape index (κ3) is 3.72. The van der Waals surface area contributed by atoms with Gasteiger partial charge in [-0.3, -0.25) is 14.5 Å². The van der Waals surface area contributed by atoms with Crippen molar-refractivity contribution in [2.24, 2.45) is 0 Å². The number of hydrogen-bond acceptors (Lipinski definition) is 2. The lowest BCUT2D eigenvalue weighted by molar-refractivity contribution is -0.849. The van der Waals surface area contributed by atoms with Crippen LogP contribution in [0.5, 0.6) is 0 Å². The van der Waals surface area contributed by atoms with Gasteiger partial charge < -0.3 is 10.2 Å². The van der Waals surface area contributed by atoms with E-state index in [4.69, 9.17) is 0 Å². The van der Waals surface area contributed by atoms with Crippen LogP contribution in [0.25, 0.3) is 0 Å². The summed E-state index contributed by atoms with van der Waals surface area (Å²) < 4.78 is 0. The number of carbonyl (C=O) groups excluding carboxylic acids is 2. The fraction of sp³-hybridized carbons (Fsp3) is 0.300. The van der Waals surface area contributed by atoms with Gasteiger partial charge in [0.2, 0.25) is 5.91 Å². The molecule has 0 bridgehead atoms. The molecule has 1 heterocycles. The lowest BCUT2D eigenvalue weighted by Gasteiger charge is -2.26. The minimum atomic E-state index is -0.121. The minimum Gasteiger partial charge on any atom is -0.332 e. The zero-order valence-electron chi connectivity index (χ0n) is 14.9. The zero-order chi connectivity index (χ0) is 18.0. The van der Waals surface area contributed by atoms with Crippen LogP contribution in [0.2, 0.25) is 0 Å². The summed E-state index contributed by atoms with van der Waals surface area (Å²) in [7, 11) is 3.94. The molecule has 0 aromatic heterocycles. The Hall–Kier alpha value is -2.66. The van der Waals surface area contributed by atoms with E-state index < -0.39 is 0 Å². The first-order valence-corrected chi connectivity index (χ1v) is 8.56. The van der Waals surface area contributed by atoms with Gasteiger partial charge in [0.25, 0.3) is 5.91 Å². The van der Waals surface area contributed by atoms with Crippen molar-refractivity contribution in [3.8, 4) is 0 Å². The Morgan fingerprint density at radius 2 is 1.72 bits per heavy atom. The lowest BCUT2D eigenvalue weighted by Crippen LogP contribution is -3.07. The molecule has 2 aromatic carbocycles. The van der Waals surface area contributed by atoms with Crippen molar-refractivity contribution < 1.29 is 14.5 Å². The highest BCUT2D eigenvalue weighted by atomic mass is 16.2. The minimum absolute atomic E-state index is 0.0515. The van der Waals surface area contributed by atoms with Crippen LogP contribution < -0.4 is 15.1 Å². The molecule has 0 saturated carbocycles. The quantitative estimate of drug-likeness (QED) is 0.892. The van der Waals surface area contributed by atoms with Gasteiger partial charge in [0.1, 0.15) is 0 Å². The van der Waals surface area contributed by atoms with Crippen LogP contribution in [0, 0.1) is 0 Å². The van der Waals surface area contributed by atoms with E-state index in [2.05, 4.69) is 11.4 Å². The maximum atomic E-state index is 13.0. The van der Waals surface area contributed by atoms with Crippen LogP contribution in [0.4, 0.5) is 17.1 Å². The number of fused-ring (bicyclic) bond motifs is 2. The molecular formula is C20H24N3O2+. The molecule has 0 fully saturated rings. The highest BCUT2D eigenvalue weighted by Crippen LogP contribution is 2.37. The van der Waals surface area contributed by atoms with Crippen LogP contribution in [0.1, 0.15) is 18.1 Å². The number of carbonyl (C=O) groups is 2. The van der Waals surface area contributed by atoms with Gasteiger partial charge in [0.15, 0.2) is 6.54 Å². The molecule has 3 rings (SSSR count). The number of aryl methyl sites for hydroxylation is 2. The molecule has 2 amide bonds. The van der Waals surface area contributed by atoms with Gasteiger partial charge in [-0.1, -0.05) is 24.3 Å². The van der Waals surface area contributed by atoms with E-state index in [1.807, 2.05) is 55.4 Å². The second-order valence-electron chi connectivity index (χ2n) is 6.77. The van der Waals surface area contributed by atoms with Crippen molar-refractivity contribution in [1.82, 2.24) is 0 Å². The molecule has 0 radical (unpaired) electrons. The van der Waals surface area contributed by atoms with Crippen LogP contribution >= 0.6 is 0 Å². The molecule has 2 aromatic rings. The van der Waals surface area contributed by atoms with Crippen molar-refractivity contribution >= 4 is 28.9 Å². The van der Waals surface area contributed by atoms with Gasteiger partial charge in [-0.15, -0.1) is 0 Å². The van der Waals surface area contributed by atoms with E-state index in [-0.39, 0.29) is 11.8 Å². The lowest BCUT2D eigenvalue weighted by atomic mass is 10.0. The third-order valence-corrected chi connectivity index (χ3v) is 4.30. The smallest absolute Gasteiger partial charge is 0.286 e. The van der Waals surface area contributed by atoms with Crippen molar-refractivity contribution in [2.45, 2.75) is 19.8 Å². The van der Waals surface area contributed by atoms with E-state index in [0.29, 0.717) is 12.2 Å². The Balaban J connectivity index is 2.13. The van der Waals surface area contributed by atoms with Gasteiger partial charge in [0, 0.05) is 12.6 Å².